The molecule has 9 heteroatoms. The van der Waals surface area contributed by atoms with Gasteiger partial charge in [0.2, 0.25) is 0 Å². The number of esters is 4. The van der Waals surface area contributed by atoms with E-state index in [1.807, 2.05) is 0 Å². The highest BCUT2D eigenvalue weighted by atomic mass is 16.7. The molecule has 0 radical (unpaired) electrons. The Morgan fingerprint density at radius 2 is 0.549 bits per heavy atom. The lowest BCUT2D eigenvalue weighted by molar-refractivity contribution is -0.233. The van der Waals surface area contributed by atoms with Crippen molar-refractivity contribution >= 4 is 23.9 Å². The van der Waals surface area contributed by atoms with Gasteiger partial charge in [0.05, 0.1) is 6.61 Å². The maximum Gasteiger partial charge on any atom is 0.306 e. The fourth-order valence-electron chi connectivity index (χ4n) is 9.99. The summed E-state index contributed by atoms with van der Waals surface area (Å²) in [6.45, 7) is 8.81. The van der Waals surface area contributed by atoms with Gasteiger partial charge < -0.3 is 23.7 Å². The Morgan fingerprint density at radius 1 is 0.310 bits per heavy atom. The smallest absolute Gasteiger partial charge is 0.306 e. The summed E-state index contributed by atoms with van der Waals surface area (Å²) >= 11 is 0. The van der Waals surface area contributed by atoms with Gasteiger partial charge in [0.15, 0.2) is 18.3 Å². The molecule has 0 aromatic heterocycles. The predicted molar refractivity (Wildman–Crippen MR) is 295 cm³/mol. The van der Waals surface area contributed by atoms with E-state index in [1.54, 1.807) is 0 Å². The van der Waals surface area contributed by atoms with Crippen LogP contribution in [0.25, 0.3) is 0 Å². The Kier molecular flexibility index (Phi) is 48.3. The van der Waals surface area contributed by atoms with Gasteiger partial charge in [-0.2, -0.15) is 0 Å². The molecular weight excluding hydrogens is 889 g/mol. The van der Waals surface area contributed by atoms with Crippen molar-refractivity contribution in [3.05, 3.63) is 0 Å². The number of ether oxygens (including phenoxy) is 5. The Hall–Kier alpha value is -2.16. The van der Waals surface area contributed by atoms with E-state index in [9.17, 15) is 19.2 Å². The maximum atomic E-state index is 13.6. The van der Waals surface area contributed by atoms with E-state index < -0.39 is 36.4 Å². The van der Waals surface area contributed by atoms with Crippen molar-refractivity contribution in [2.45, 2.75) is 360 Å². The minimum Gasteiger partial charge on any atom is -0.463 e. The van der Waals surface area contributed by atoms with Crippen LogP contribution in [0.4, 0.5) is 0 Å². The first-order chi connectivity index (χ1) is 34.9. The van der Waals surface area contributed by atoms with Crippen LogP contribution in [0.5, 0.6) is 0 Å². The van der Waals surface area contributed by atoms with Crippen LogP contribution in [0.3, 0.4) is 0 Å². The summed E-state index contributed by atoms with van der Waals surface area (Å²) in [4.78, 5) is 53.7. The number of unbranched alkanes of at least 4 members (excludes halogenated alkanes) is 40. The van der Waals surface area contributed by atoms with Crippen LogP contribution in [0, 0.1) is 0 Å². The van der Waals surface area contributed by atoms with E-state index in [4.69, 9.17) is 23.7 Å². The first kappa shape index (κ1) is 66.9. The fraction of sp³-hybridized carbons (Fsp3) is 0.935. The van der Waals surface area contributed by atoms with Gasteiger partial charge in [-0.25, -0.2) is 0 Å². The van der Waals surface area contributed by atoms with Gasteiger partial charge in [0, 0.05) is 25.7 Å². The molecule has 1 aliphatic rings. The second-order valence-corrected chi connectivity index (χ2v) is 21.6. The third-order valence-corrected chi connectivity index (χ3v) is 14.7. The molecular formula is C62H116O9. The van der Waals surface area contributed by atoms with Crippen molar-refractivity contribution in [1.82, 2.24) is 0 Å². The zero-order valence-corrected chi connectivity index (χ0v) is 47.3. The van der Waals surface area contributed by atoms with E-state index in [-0.39, 0.29) is 44.4 Å². The molecule has 1 fully saturated rings. The summed E-state index contributed by atoms with van der Waals surface area (Å²) in [5.41, 5.74) is 0. The Bertz CT molecular complexity index is 1210. The van der Waals surface area contributed by atoms with E-state index in [1.165, 1.54) is 193 Å². The molecule has 1 rings (SSSR count). The lowest BCUT2D eigenvalue weighted by Gasteiger charge is -2.40. The predicted octanol–water partition coefficient (Wildman–Crippen LogP) is 18.5. The Labute approximate surface area is 438 Å². The lowest BCUT2D eigenvalue weighted by Crippen LogP contribution is -2.59. The summed E-state index contributed by atoms with van der Waals surface area (Å²) in [5, 5.41) is 0. The van der Waals surface area contributed by atoms with Crippen LogP contribution in [0.1, 0.15) is 336 Å². The number of carbonyl (C=O) groups excluding carboxylic acids is 4. The molecule has 0 bridgehead atoms. The molecule has 9 nitrogen and oxygen atoms in total. The molecule has 418 valence electrons. The summed E-state index contributed by atoms with van der Waals surface area (Å²) in [7, 11) is 0. The molecule has 0 spiro atoms. The normalized spacial score (nSPS) is 16.8. The van der Waals surface area contributed by atoms with Crippen LogP contribution in [-0.2, 0) is 42.9 Å². The quantitative estimate of drug-likeness (QED) is 0.0334. The second kappa shape index (κ2) is 51.3. The third kappa shape index (κ3) is 41.8. The molecule has 4 atom stereocenters. The minimum atomic E-state index is -1.08. The molecule has 71 heavy (non-hydrogen) atoms. The second-order valence-electron chi connectivity index (χ2n) is 21.6. The van der Waals surface area contributed by atoms with Gasteiger partial charge in [-0.3, -0.25) is 19.2 Å². The Balaban J connectivity index is 2.92. The molecule has 0 amide bonds. The first-order valence-electron chi connectivity index (χ1n) is 31.2. The van der Waals surface area contributed by atoms with Crippen molar-refractivity contribution in [3.63, 3.8) is 0 Å². The average molecular weight is 1010 g/mol. The summed E-state index contributed by atoms with van der Waals surface area (Å²) in [6, 6.07) is 0. The van der Waals surface area contributed by atoms with Gasteiger partial charge in [-0.05, 0) is 25.7 Å². The summed E-state index contributed by atoms with van der Waals surface area (Å²) in [6.07, 6.45) is 49.0. The lowest BCUT2D eigenvalue weighted by atomic mass is 9.99. The largest absolute Gasteiger partial charge is 0.463 e. The molecule has 0 N–H and O–H groups in total. The summed E-state index contributed by atoms with van der Waals surface area (Å²) in [5.74, 6) is -1.51. The molecule has 0 saturated carbocycles. The molecule has 0 aliphatic carbocycles. The van der Waals surface area contributed by atoms with Crippen LogP contribution in [0.15, 0.2) is 0 Å². The van der Waals surface area contributed by atoms with Gasteiger partial charge in [-0.15, -0.1) is 0 Å². The van der Waals surface area contributed by atoms with Crippen LogP contribution in [0.2, 0.25) is 0 Å². The third-order valence-electron chi connectivity index (χ3n) is 14.7. The fourth-order valence-corrected chi connectivity index (χ4v) is 9.99. The molecule has 0 unspecified atom stereocenters. The minimum absolute atomic E-state index is 0.0478. The summed E-state index contributed by atoms with van der Waals surface area (Å²) < 4.78 is 30.5. The Morgan fingerprint density at radius 3 is 0.845 bits per heavy atom. The zero-order chi connectivity index (χ0) is 51.5. The number of carbonyl (C=O) groups is 4. The monoisotopic (exact) mass is 1000 g/mol. The van der Waals surface area contributed by atoms with Crippen molar-refractivity contribution < 1.29 is 42.9 Å². The van der Waals surface area contributed by atoms with E-state index in [2.05, 4.69) is 27.7 Å². The number of hydrogen-bond donors (Lipinski definition) is 0. The van der Waals surface area contributed by atoms with E-state index in [0.29, 0.717) is 19.3 Å². The van der Waals surface area contributed by atoms with Gasteiger partial charge in [-0.1, -0.05) is 285 Å². The first-order valence-corrected chi connectivity index (χ1v) is 31.2. The van der Waals surface area contributed by atoms with E-state index >= 15 is 0 Å². The van der Waals surface area contributed by atoms with Crippen molar-refractivity contribution in [2.75, 3.05) is 13.2 Å². The van der Waals surface area contributed by atoms with Crippen LogP contribution in [-0.4, -0.2) is 61.5 Å². The highest BCUT2D eigenvalue weighted by Crippen LogP contribution is 2.27. The molecule has 0 aromatic carbocycles. The zero-order valence-electron chi connectivity index (χ0n) is 47.3. The standard InChI is InChI=1S/C62H116O9/c1-5-9-13-17-21-25-29-33-37-41-45-49-57(63)68-53-55-61(70-59(65)51-47-43-39-35-31-27-23-19-15-11-7-3)62(71-60(66)52-48-44-40-36-32-28-24-20-16-12-8-4)56(54-67-55)69-58(64)50-46-42-38-34-30-26-22-18-14-10-6-2/h55-56,61-62H,5-54H2,1-4H3/t55-,56+,61-,62-/m1/s1. The number of rotatable bonds is 53. The van der Waals surface area contributed by atoms with Gasteiger partial charge >= 0.3 is 23.9 Å². The van der Waals surface area contributed by atoms with Crippen molar-refractivity contribution in [3.8, 4) is 0 Å². The highest BCUT2D eigenvalue weighted by Gasteiger charge is 2.48. The highest BCUT2D eigenvalue weighted by molar-refractivity contribution is 5.72. The number of hydrogen-bond acceptors (Lipinski definition) is 9. The average Bonchev–Trinajstić information content (AvgIpc) is 3.36. The van der Waals surface area contributed by atoms with Gasteiger partial charge in [0.25, 0.3) is 0 Å². The maximum absolute atomic E-state index is 13.6. The van der Waals surface area contributed by atoms with Crippen LogP contribution >= 0.6 is 0 Å². The molecule has 1 aliphatic heterocycles. The van der Waals surface area contributed by atoms with E-state index in [0.717, 1.165) is 77.0 Å². The topological polar surface area (TPSA) is 114 Å². The molecule has 1 heterocycles. The molecule has 1 saturated heterocycles. The van der Waals surface area contributed by atoms with Crippen LogP contribution < -0.4 is 0 Å². The van der Waals surface area contributed by atoms with Crippen molar-refractivity contribution in [2.24, 2.45) is 0 Å². The SMILES string of the molecule is CCCCCCCCCCCCCC(=O)OC[C@H]1OC[C@H](OC(=O)CCCCCCCCCCCCC)[C@@H](OC(=O)CCCCCCCCCCCCC)[C@@H]1OC(=O)CCCCCCCCCCCCC. The van der Waals surface area contributed by atoms with Gasteiger partial charge in [0.1, 0.15) is 12.7 Å². The van der Waals surface area contributed by atoms with Crippen molar-refractivity contribution in [1.29, 1.82) is 0 Å². The molecule has 0 aromatic rings.